The van der Waals surface area contributed by atoms with Crippen molar-refractivity contribution in [3.8, 4) is 0 Å². The van der Waals surface area contributed by atoms with Gasteiger partial charge in [-0.25, -0.2) is 0 Å². The van der Waals surface area contributed by atoms with E-state index in [9.17, 15) is 0 Å². The van der Waals surface area contributed by atoms with Gasteiger partial charge in [0.2, 0.25) is 0 Å². The van der Waals surface area contributed by atoms with Crippen LogP contribution in [0.4, 0.5) is 0 Å². The van der Waals surface area contributed by atoms with Crippen LogP contribution in [0, 0.1) is 24.3 Å². The Morgan fingerprint density at radius 3 is 2.10 bits per heavy atom. The molecule has 3 rings (SSSR count). The molecule has 0 aliphatic rings. The average Bonchev–Trinajstić information content (AvgIpc) is 2.40. The summed E-state index contributed by atoms with van der Waals surface area (Å²) in [6.07, 6.45) is 0. The van der Waals surface area contributed by atoms with Crippen molar-refractivity contribution in [2.45, 2.75) is 13.8 Å². The van der Waals surface area contributed by atoms with E-state index in [1.54, 1.807) is 0 Å². The van der Waals surface area contributed by atoms with Gasteiger partial charge in [-0.2, -0.15) is 0 Å². The molecule has 0 aliphatic carbocycles. The van der Waals surface area contributed by atoms with Crippen LogP contribution in [0.2, 0.25) is 0 Å². The summed E-state index contributed by atoms with van der Waals surface area (Å²) in [6.45, 7) is 12.7. The van der Waals surface area contributed by atoms with Gasteiger partial charge in [-0.3, -0.25) is 0 Å². The third kappa shape index (κ3) is 2.04. The van der Waals surface area contributed by atoms with E-state index in [0.717, 1.165) is 10.4 Å². The monoisotopic (exact) mass is 258 g/mol. The van der Waals surface area contributed by atoms with Crippen molar-refractivity contribution in [2.24, 2.45) is 0 Å². The average molecular weight is 258 g/mol. The van der Waals surface area contributed by atoms with Gasteiger partial charge in [-0.15, -0.1) is 0 Å². The highest BCUT2D eigenvalue weighted by Gasteiger charge is 1.97. The first-order valence-electron chi connectivity index (χ1n) is 6.84. The Balaban J connectivity index is 2.56. The SMILES string of the molecule is C=c1cc(C)cc/c1=c1\ccc2cc(C)ccc2c1=C. The molecule has 3 aromatic rings. The molecule has 3 aromatic carbocycles. The van der Waals surface area contributed by atoms with Crippen molar-refractivity contribution in [3.05, 3.63) is 80.5 Å². The Hall–Kier alpha value is -2.34. The summed E-state index contributed by atoms with van der Waals surface area (Å²) in [5.74, 6) is 0. The largest absolute Gasteiger partial charge is 0.0911 e. The lowest BCUT2D eigenvalue weighted by molar-refractivity contribution is 1.37. The van der Waals surface area contributed by atoms with E-state index < -0.39 is 0 Å². The molecule has 0 heterocycles. The van der Waals surface area contributed by atoms with E-state index in [1.807, 2.05) is 0 Å². The Morgan fingerprint density at radius 1 is 0.700 bits per heavy atom. The molecule has 0 bridgehead atoms. The molecule has 20 heavy (non-hydrogen) atoms. The van der Waals surface area contributed by atoms with Gasteiger partial charge in [-0.1, -0.05) is 72.8 Å². The van der Waals surface area contributed by atoms with E-state index in [0.29, 0.717) is 0 Å². The molecule has 0 heteroatoms. The molecule has 0 saturated carbocycles. The highest BCUT2D eigenvalue weighted by Crippen LogP contribution is 2.12. The van der Waals surface area contributed by atoms with Gasteiger partial charge >= 0.3 is 0 Å². The van der Waals surface area contributed by atoms with Crippen molar-refractivity contribution in [1.29, 1.82) is 0 Å². The van der Waals surface area contributed by atoms with Gasteiger partial charge in [0.1, 0.15) is 0 Å². The first-order valence-corrected chi connectivity index (χ1v) is 6.84. The minimum atomic E-state index is 1.06. The van der Waals surface area contributed by atoms with Gasteiger partial charge in [0, 0.05) is 0 Å². The maximum Gasteiger partial charge on any atom is -0.0105 e. The molecule has 0 nitrogen and oxygen atoms in total. The summed E-state index contributed by atoms with van der Waals surface area (Å²) in [6, 6.07) is 17.2. The minimum absolute atomic E-state index is 1.06. The Kier molecular flexibility index (Phi) is 2.94. The zero-order valence-corrected chi connectivity index (χ0v) is 12.0. The van der Waals surface area contributed by atoms with Gasteiger partial charge < -0.3 is 0 Å². The maximum absolute atomic E-state index is 4.29. The van der Waals surface area contributed by atoms with Crippen molar-refractivity contribution < 1.29 is 0 Å². The topological polar surface area (TPSA) is 0 Å². The number of rotatable bonds is 0. The van der Waals surface area contributed by atoms with Crippen molar-refractivity contribution in [2.75, 3.05) is 0 Å². The fraction of sp³-hybridized carbons (Fsp3) is 0.100. The van der Waals surface area contributed by atoms with Crippen LogP contribution in [0.15, 0.2) is 48.5 Å². The molecule has 0 atom stereocenters. The molecular formula is C20H18. The maximum atomic E-state index is 4.29. The predicted octanol–water partition coefficient (Wildman–Crippen LogP) is 3.56. The fourth-order valence-corrected chi connectivity index (χ4v) is 2.75. The van der Waals surface area contributed by atoms with Crippen molar-refractivity contribution in [1.82, 2.24) is 0 Å². The van der Waals surface area contributed by atoms with Gasteiger partial charge in [0.15, 0.2) is 0 Å². The van der Waals surface area contributed by atoms with Crippen LogP contribution in [0.3, 0.4) is 0 Å². The molecule has 0 aromatic heterocycles. The number of fused-ring (bicyclic) bond motifs is 1. The van der Waals surface area contributed by atoms with Crippen molar-refractivity contribution >= 4 is 23.9 Å². The third-order valence-electron chi connectivity index (χ3n) is 3.84. The lowest BCUT2D eigenvalue weighted by atomic mass is 10.0. The van der Waals surface area contributed by atoms with E-state index in [-0.39, 0.29) is 0 Å². The molecular weight excluding hydrogens is 240 g/mol. The number of hydrogen-bond donors (Lipinski definition) is 0. The summed E-state index contributed by atoms with van der Waals surface area (Å²) in [4.78, 5) is 0. The molecule has 0 fully saturated rings. The highest BCUT2D eigenvalue weighted by molar-refractivity contribution is 5.83. The molecule has 0 saturated heterocycles. The first-order chi connectivity index (χ1) is 9.56. The first kappa shape index (κ1) is 12.7. The van der Waals surface area contributed by atoms with Crippen LogP contribution < -0.4 is 10.4 Å². The van der Waals surface area contributed by atoms with Crippen LogP contribution in [-0.4, -0.2) is 0 Å². The molecule has 98 valence electrons. The Labute approximate surface area is 119 Å². The molecule has 0 radical (unpaired) electrons. The standard InChI is InChI=1S/C20H18/c1-13-5-8-18(15(3)11-13)20-10-7-17-12-14(2)6-9-19(17)16(20)4/h5-12H,3-4H2,1-2H3/b20-18-. The zero-order chi connectivity index (χ0) is 14.3. The van der Waals surface area contributed by atoms with E-state index in [4.69, 9.17) is 0 Å². The summed E-state index contributed by atoms with van der Waals surface area (Å²) >= 11 is 0. The van der Waals surface area contributed by atoms with Crippen LogP contribution in [0.5, 0.6) is 0 Å². The summed E-state index contributed by atoms with van der Waals surface area (Å²) in [7, 11) is 0. The summed E-state index contributed by atoms with van der Waals surface area (Å²) < 4.78 is 0. The normalized spacial score (nSPS) is 12.7. The Morgan fingerprint density at radius 2 is 1.35 bits per heavy atom. The summed E-state index contributed by atoms with van der Waals surface area (Å²) in [5, 5.41) is 6.94. The fourth-order valence-electron chi connectivity index (χ4n) is 2.75. The zero-order valence-electron chi connectivity index (χ0n) is 12.0. The summed E-state index contributed by atoms with van der Waals surface area (Å²) in [5.41, 5.74) is 2.51. The second kappa shape index (κ2) is 4.64. The van der Waals surface area contributed by atoms with Crippen molar-refractivity contribution in [3.63, 3.8) is 0 Å². The van der Waals surface area contributed by atoms with E-state index >= 15 is 0 Å². The quantitative estimate of drug-likeness (QED) is 0.578. The lowest BCUT2D eigenvalue weighted by Crippen LogP contribution is -2.08. The van der Waals surface area contributed by atoms with Crippen LogP contribution in [0.25, 0.3) is 23.9 Å². The number of benzene rings is 3. The molecule has 0 amide bonds. The van der Waals surface area contributed by atoms with Crippen LogP contribution >= 0.6 is 0 Å². The molecule has 0 N–H and O–H groups in total. The number of hydrogen-bond acceptors (Lipinski definition) is 0. The number of aryl methyl sites for hydroxylation is 2. The Bertz CT molecular complexity index is 995. The molecule has 0 spiro atoms. The predicted molar refractivity (Wildman–Crippen MR) is 87.8 cm³/mol. The molecule has 0 aliphatic heterocycles. The van der Waals surface area contributed by atoms with Gasteiger partial charge in [0.25, 0.3) is 0 Å². The van der Waals surface area contributed by atoms with Gasteiger partial charge in [0.05, 0.1) is 0 Å². The molecule has 0 unspecified atom stereocenters. The smallest absolute Gasteiger partial charge is 0.0105 e. The van der Waals surface area contributed by atoms with Crippen LogP contribution in [-0.2, 0) is 0 Å². The second-order valence-corrected chi connectivity index (χ2v) is 5.48. The third-order valence-corrected chi connectivity index (χ3v) is 3.84. The highest BCUT2D eigenvalue weighted by atomic mass is 14.0. The van der Waals surface area contributed by atoms with E-state index in [2.05, 4.69) is 75.5 Å². The van der Waals surface area contributed by atoms with Crippen LogP contribution in [0.1, 0.15) is 11.1 Å². The van der Waals surface area contributed by atoms with E-state index in [1.165, 1.54) is 32.3 Å². The second-order valence-electron chi connectivity index (χ2n) is 5.48. The lowest BCUT2D eigenvalue weighted by Gasteiger charge is -2.02. The minimum Gasteiger partial charge on any atom is -0.0911 e. The van der Waals surface area contributed by atoms with Gasteiger partial charge in [-0.05, 0) is 45.5 Å².